The lowest BCUT2D eigenvalue weighted by atomic mass is 10.1. The van der Waals surface area contributed by atoms with E-state index in [9.17, 15) is 9.59 Å². The van der Waals surface area contributed by atoms with Gasteiger partial charge in [0.05, 0.1) is 45.1 Å². The lowest BCUT2D eigenvalue weighted by molar-refractivity contribution is 0.102. The summed E-state index contributed by atoms with van der Waals surface area (Å²) in [4.78, 5) is 25.7. The zero-order chi connectivity index (χ0) is 29.5. The number of hydrogen-bond acceptors (Lipinski definition) is 6. The number of hydrogen-bond donors (Lipinski definition) is 3. The maximum Gasteiger partial charge on any atom is 0.323 e. The van der Waals surface area contributed by atoms with Crippen molar-refractivity contribution < 1.29 is 23.8 Å². The van der Waals surface area contributed by atoms with Crippen LogP contribution in [0.4, 0.5) is 21.9 Å². The Morgan fingerprint density at radius 1 is 0.667 bits per heavy atom. The van der Waals surface area contributed by atoms with Gasteiger partial charge in [-0.1, -0.05) is 48.5 Å². The zero-order valence-corrected chi connectivity index (χ0v) is 23.3. The summed E-state index contributed by atoms with van der Waals surface area (Å²) < 4.78 is 17.6. The fourth-order valence-corrected chi connectivity index (χ4v) is 4.34. The van der Waals surface area contributed by atoms with E-state index >= 15 is 0 Å². The van der Waals surface area contributed by atoms with Gasteiger partial charge in [0, 0.05) is 29.1 Å². The van der Waals surface area contributed by atoms with E-state index in [-0.39, 0.29) is 5.91 Å². The highest BCUT2D eigenvalue weighted by molar-refractivity contribution is 6.05. The lowest BCUT2D eigenvalue weighted by Gasteiger charge is -2.14. The summed E-state index contributed by atoms with van der Waals surface area (Å²) in [7, 11) is 4.52. The van der Waals surface area contributed by atoms with Crippen LogP contribution in [-0.4, -0.2) is 43.0 Å². The molecule has 0 atom stereocenters. The molecule has 1 heterocycles. The van der Waals surface area contributed by atoms with Crippen molar-refractivity contribution in [2.75, 3.05) is 37.3 Å². The predicted molar refractivity (Wildman–Crippen MR) is 162 cm³/mol. The molecule has 5 aromatic rings. The SMILES string of the molecule is COc1cc(NC(=O)c2cccc(-n3cc(NC(=O)Nc4ccc(-c5ccccc5)cc4)cn3)c2)cc(OC)c1OC. The molecule has 10 heteroatoms. The first-order valence-electron chi connectivity index (χ1n) is 13.0. The maximum atomic E-state index is 13.1. The van der Waals surface area contributed by atoms with Crippen LogP contribution >= 0.6 is 0 Å². The molecule has 0 spiro atoms. The number of rotatable bonds is 9. The Hall–Kier alpha value is -5.77. The second-order valence-electron chi connectivity index (χ2n) is 9.11. The lowest BCUT2D eigenvalue weighted by Crippen LogP contribution is -2.19. The van der Waals surface area contributed by atoms with Gasteiger partial charge in [0.1, 0.15) is 0 Å². The van der Waals surface area contributed by atoms with Crippen molar-refractivity contribution in [2.24, 2.45) is 0 Å². The third-order valence-electron chi connectivity index (χ3n) is 6.39. The molecule has 5 rings (SSSR count). The molecular weight excluding hydrogens is 534 g/mol. The Morgan fingerprint density at radius 3 is 2.00 bits per heavy atom. The van der Waals surface area contributed by atoms with Crippen molar-refractivity contribution in [1.82, 2.24) is 9.78 Å². The number of carbonyl (C=O) groups excluding carboxylic acids is 2. The van der Waals surface area contributed by atoms with E-state index in [1.54, 1.807) is 47.3 Å². The van der Waals surface area contributed by atoms with Crippen molar-refractivity contribution >= 4 is 29.0 Å². The van der Waals surface area contributed by atoms with Gasteiger partial charge in [0.25, 0.3) is 5.91 Å². The third-order valence-corrected chi connectivity index (χ3v) is 6.39. The van der Waals surface area contributed by atoms with Crippen LogP contribution in [0.5, 0.6) is 17.2 Å². The highest BCUT2D eigenvalue weighted by Gasteiger charge is 2.16. The van der Waals surface area contributed by atoms with Crippen molar-refractivity contribution in [3.05, 3.63) is 109 Å². The maximum absolute atomic E-state index is 13.1. The van der Waals surface area contributed by atoms with Crippen molar-refractivity contribution in [3.63, 3.8) is 0 Å². The summed E-state index contributed by atoms with van der Waals surface area (Å²) in [6.45, 7) is 0. The van der Waals surface area contributed by atoms with Gasteiger partial charge in [-0.05, 0) is 41.5 Å². The molecule has 212 valence electrons. The molecule has 0 bridgehead atoms. The molecule has 0 aliphatic heterocycles. The molecule has 4 aromatic carbocycles. The van der Waals surface area contributed by atoms with Crippen LogP contribution in [0.2, 0.25) is 0 Å². The number of aromatic nitrogens is 2. The largest absolute Gasteiger partial charge is 0.493 e. The molecule has 10 nitrogen and oxygen atoms in total. The van der Waals surface area contributed by atoms with Gasteiger partial charge in [0.15, 0.2) is 11.5 Å². The number of urea groups is 1. The normalized spacial score (nSPS) is 10.5. The number of benzene rings is 4. The fourth-order valence-electron chi connectivity index (χ4n) is 4.34. The number of ether oxygens (including phenoxy) is 3. The Morgan fingerprint density at radius 2 is 1.33 bits per heavy atom. The molecule has 3 N–H and O–H groups in total. The minimum atomic E-state index is -0.402. The average molecular weight is 564 g/mol. The Kier molecular flexibility index (Phi) is 8.34. The summed E-state index contributed by atoms with van der Waals surface area (Å²) in [6.07, 6.45) is 3.19. The quantitative estimate of drug-likeness (QED) is 0.190. The Bertz CT molecular complexity index is 1680. The zero-order valence-electron chi connectivity index (χ0n) is 23.3. The van der Waals surface area contributed by atoms with Crippen LogP contribution in [0.3, 0.4) is 0 Å². The van der Waals surface area contributed by atoms with Crippen LogP contribution in [0.15, 0.2) is 103 Å². The second-order valence-corrected chi connectivity index (χ2v) is 9.11. The molecule has 1 aromatic heterocycles. The Balaban J connectivity index is 1.23. The number of carbonyl (C=O) groups is 2. The summed E-state index contributed by atoms with van der Waals surface area (Å²) in [6, 6.07) is 27.4. The van der Waals surface area contributed by atoms with Gasteiger partial charge in [-0.2, -0.15) is 5.10 Å². The van der Waals surface area contributed by atoms with E-state index in [0.717, 1.165) is 11.1 Å². The molecule has 0 fully saturated rings. The number of anilines is 3. The number of nitrogens with one attached hydrogen (secondary N) is 3. The van der Waals surface area contributed by atoms with Gasteiger partial charge in [0.2, 0.25) is 5.75 Å². The molecule has 0 aliphatic rings. The minimum Gasteiger partial charge on any atom is -0.493 e. The first-order chi connectivity index (χ1) is 20.5. The molecular formula is C32H29N5O5. The first-order valence-corrected chi connectivity index (χ1v) is 13.0. The van der Waals surface area contributed by atoms with Crippen LogP contribution in [0.25, 0.3) is 16.8 Å². The molecule has 0 unspecified atom stereocenters. The second kappa shape index (κ2) is 12.6. The molecule has 0 saturated carbocycles. The molecule has 3 amide bonds. The number of methoxy groups -OCH3 is 3. The molecule has 42 heavy (non-hydrogen) atoms. The van der Waals surface area contributed by atoms with Crippen molar-refractivity contribution in [1.29, 1.82) is 0 Å². The summed E-state index contributed by atoms with van der Waals surface area (Å²) in [5, 5.41) is 12.8. The minimum absolute atomic E-state index is 0.339. The van der Waals surface area contributed by atoms with E-state index in [4.69, 9.17) is 14.2 Å². The summed E-state index contributed by atoms with van der Waals surface area (Å²) >= 11 is 0. The van der Waals surface area contributed by atoms with E-state index in [1.165, 1.54) is 27.5 Å². The number of amides is 3. The van der Waals surface area contributed by atoms with E-state index in [0.29, 0.717) is 45.6 Å². The van der Waals surface area contributed by atoms with E-state index in [2.05, 4.69) is 21.0 Å². The van der Waals surface area contributed by atoms with Gasteiger partial charge in [-0.15, -0.1) is 0 Å². The van der Waals surface area contributed by atoms with Crippen LogP contribution < -0.4 is 30.2 Å². The Labute approximate surface area is 242 Å². The monoisotopic (exact) mass is 563 g/mol. The van der Waals surface area contributed by atoms with Gasteiger partial charge >= 0.3 is 6.03 Å². The van der Waals surface area contributed by atoms with Crippen LogP contribution in [0.1, 0.15) is 10.4 Å². The van der Waals surface area contributed by atoms with Crippen LogP contribution in [0, 0.1) is 0 Å². The highest BCUT2D eigenvalue weighted by atomic mass is 16.5. The van der Waals surface area contributed by atoms with Gasteiger partial charge in [-0.25, -0.2) is 9.48 Å². The van der Waals surface area contributed by atoms with Crippen molar-refractivity contribution in [3.8, 4) is 34.1 Å². The summed E-state index contributed by atoms with van der Waals surface area (Å²) in [5.74, 6) is 0.934. The average Bonchev–Trinajstić information content (AvgIpc) is 3.49. The smallest absolute Gasteiger partial charge is 0.323 e. The fraction of sp³-hybridized carbons (Fsp3) is 0.0938. The van der Waals surface area contributed by atoms with E-state index < -0.39 is 6.03 Å². The van der Waals surface area contributed by atoms with Crippen molar-refractivity contribution in [2.45, 2.75) is 0 Å². The standard InChI is InChI=1S/C32H29N5O5/c1-40-28-17-25(18-29(41-2)30(28)42-3)34-31(38)23-10-7-11-27(16-23)37-20-26(19-33-37)36-32(39)35-24-14-12-22(13-15-24)21-8-5-4-6-9-21/h4-20H,1-3H3,(H,34,38)(H2,35,36,39). The molecule has 0 saturated heterocycles. The van der Waals surface area contributed by atoms with E-state index in [1.807, 2.05) is 54.6 Å². The molecule has 0 aliphatic carbocycles. The predicted octanol–water partition coefficient (Wildman–Crippen LogP) is 6.46. The number of nitrogens with zero attached hydrogens (tertiary/aromatic N) is 2. The highest BCUT2D eigenvalue weighted by Crippen LogP contribution is 2.40. The first kappa shape index (κ1) is 27.8. The third kappa shape index (κ3) is 6.34. The molecule has 0 radical (unpaired) electrons. The van der Waals surface area contributed by atoms with Gasteiger partial charge < -0.3 is 30.2 Å². The van der Waals surface area contributed by atoms with Gasteiger partial charge in [-0.3, -0.25) is 4.79 Å². The van der Waals surface area contributed by atoms with Crippen LogP contribution in [-0.2, 0) is 0 Å². The summed E-state index contributed by atoms with van der Waals surface area (Å²) in [5.41, 5.74) is 4.82. The topological polar surface area (TPSA) is 116 Å².